The first-order valence-electron chi connectivity index (χ1n) is 7.40. The van der Waals surface area contributed by atoms with E-state index in [1.807, 2.05) is 0 Å². The van der Waals surface area contributed by atoms with Crippen LogP contribution in [-0.2, 0) is 0 Å². The van der Waals surface area contributed by atoms with Gasteiger partial charge in [0.05, 0.1) is 0 Å². The molecule has 2 atom stereocenters. The van der Waals surface area contributed by atoms with E-state index in [0.29, 0.717) is 6.04 Å². The number of hydrogen-bond acceptors (Lipinski definition) is 1. The molecule has 0 aromatic rings. The van der Waals surface area contributed by atoms with Crippen molar-refractivity contribution in [1.82, 2.24) is 5.32 Å². The van der Waals surface area contributed by atoms with Gasteiger partial charge in [0.25, 0.3) is 0 Å². The molecule has 2 aliphatic carbocycles. The maximum absolute atomic E-state index is 3.63. The van der Waals surface area contributed by atoms with Crippen LogP contribution in [0.3, 0.4) is 0 Å². The third-order valence-electron chi connectivity index (χ3n) is 4.93. The van der Waals surface area contributed by atoms with Crippen LogP contribution in [0.5, 0.6) is 0 Å². The summed E-state index contributed by atoms with van der Waals surface area (Å²) in [6.45, 7) is 8.22. The lowest BCUT2D eigenvalue weighted by molar-refractivity contribution is 0.0683. The molecule has 2 fully saturated rings. The van der Waals surface area contributed by atoms with Crippen molar-refractivity contribution in [2.45, 2.75) is 65.3 Å². The summed E-state index contributed by atoms with van der Waals surface area (Å²) in [7, 11) is 0. The second kappa shape index (κ2) is 5.53. The van der Waals surface area contributed by atoms with Gasteiger partial charge in [0.2, 0.25) is 0 Å². The molecule has 0 spiro atoms. The van der Waals surface area contributed by atoms with E-state index < -0.39 is 0 Å². The molecule has 1 nitrogen and oxygen atoms in total. The lowest BCUT2D eigenvalue weighted by Crippen LogP contribution is -2.41. The van der Waals surface area contributed by atoms with Crippen LogP contribution in [0, 0.1) is 23.7 Å². The quantitative estimate of drug-likeness (QED) is 0.763. The fourth-order valence-corrected chi connectivity index (χ4v) is 3.57. The molecule has 0 aliphatic heterocycles. The van der Waals surface area contributed by atoms with Gasteiger partial charge in [0, 0.05) is 6.04 Å². The van der Waals surface area contributed by atoms with Crippen LogP contribution >= 0.6 is 0 Å². The second-order valence-electron chi connectivity index (χ2n) is 6.58. The third-order valence-corrected chi connectivity index (χ3v) is 4.93. The summed E-state index contributed by atoms with van der Waals surface area (Å²) >= 11 is 0. The van der Waals surface area contributed by atoms with E-state index in [2.05, 4.69) is 26.1 Å². The fraction of sp³-hybridized carbons (Fsp3) is 1.00. The van der Waals surface area contributed by atoms with Crippen molar-refractivity contribution in [2.75, 3.05) is 6.54 Å². The Morgan fingerprint density at radius 2 is 1.69 bits per heavy atom. The van der Waals surface area contributed by atoms with Crippen molar-refractivity contribution < 1.29 is 0 Å². The van der Waals surface area contributed by atoms with Crippen molar-refractivity contribution in [3.63, 3.8) is 0 Å². The highest BCUT2D eigenvalue weighted by Crippen LogP contribution is 2.45. The van der Waals surface area contributed by atoms with Gasteiger partial charge in [0.15, 0.2) is 0 Å². The molecule has 16 heavy (non-hydrogen) atoms. The van der Waals surface area contributed by atoms with E-state index >= 15 is 0 Å². The van der Waals surface area contributed by atoms with Gasteiger partial charge in [0.1, 0.15) is 0 Å². The van der Waals surface area contributed by atoms with E-state index in [1.54, 1.807) is 0 Å². The molecule has 0 saturated heterocycles. The number of hydrogen-bond donors (Lipinski definition) is 1. The zero-order chi connectivity index (χ0) is 11.5. The Balaban J connectivity index is 1.73. The Labute approximate surface area is 101 Å². The molecule has 1 N–H and O–H groups in total. The summed E-state index contributed by atoms with van der Waals surface area (Å²) in [5.74, 6) is 4.15. The van der Waals surface area contributed by atoms with Gasteiger partial charge < -0.3 is 5.32 Å². The Morgan fingerprint density at radius 3 is 2.19 bits per heavy atom. The van der Waals surface area contributed by atoms with E-state index in [9.17, 15) is 0 Å². The smallest absolute Gasteiger partial charge is 0.00104 e. The van der Waals surface area contributed by atoms with Gasteiger partial charge in [-0.25, -0.2) is 0 Å². The van der Waals surface area contributed by atoms with Crippen molar-refractivity contribution in [2.24, 2.45) is 23.7 Å². The molecule has 2 saturated carbocycles. The summed E-state index contributed by atoms with van der Waals surface area (Å²) < 4.78 is 0. The first-order valence-corrected chi connectivity index (χ1v) is 7.40. The summed E-state index contributed by atoms with van der Waals surface area (Å²) in [5, 5.41) is 3.63. The summed E-state index contributed by atoms with van der Waals surface area (Å²) in [4.78, 5) is 0. The molecule has 0 aromatic heterocycles. The van der Waals surface area contributed by atoms with E-state index in [1.165, 1.54) is 45.1 Å². The predicted octanol–water partition coefficient (Wildman–Crippen LogP) is 3.84. The van der Waals surface area contributed by atoms with Crippen LogP contribution < -0.4 is 5.32 Å². The highest BCUT2D eigenvalue weighted by atomic mass is 14.9. The summed E-state index contributed by atoms with van der Waals surface area (Å²) in [5.41, 5.74) is 0. The van der Waals surface area contributed by atoms with Gasteiger partial charge in [-0.2, -0.15) is 0 Å². The van der Waals surface area contributed by atoms with Gasteiger partial charge in [-0.1, -0.05) is 33.6 Å². The van der Waals surface area contributed by atoms with Crippen LogP contribution in [0.1, 0.15) is 59.3 Å². The Bertz CT molecular complexity index is 203. The first kappa shape index (κ1) is 12.4. The predicted molar refractivity (Wildman–Crippen MR) is 70.5 cm³/mol. The van der Waals surface area contributed by atoms with Gasteiger partial charge in [-0.05, 0) is 55.9 Å². The molecule has 2 aliphatic rings. The standard InChI is InChI=1S/C15H29N/c1-11(2)16-10-14-8-9-15(14)13-6-4-12(3)5-7-13/h11-16H,4-10H2,1-3H3. The highest BCUT2D eigenvalue weighted by Gasteiger charge is 2.37. The Hall–Kier alpha value is -0.0400. The average Bonchev–Trinajstić information content (AvgIpc) is 2.19. The van der Waals surface area contributed by atoms with Crippen LogP contribution in [0.2, 0.25) is 0 Å². The second-order valence-corrected chi connectivity index (χ2v) is 6.58. The minimum atomic E-state index is 0.660. The van der Waals surface area contributed by atoms with Crippen LogP contribution in [0.15, 0.2) is 0 Å². The first-order chi connectivity index (χ1) is 7.66. The van der Waals surface area contributed by atoms with Crippen molar-refractivity contribution in [3.8, 4) is 0 Å². The number of rotatable bonds is 4. The molecule has 2 unspecified atom stereocenters. The Morgan fingerprint density at radius 1 is 1.00 bits per heavy atom. The zero-order valence-corrected chi connectivity index (χ0v) is 11.3. The topological polar surface area (TPSA) is 12.0 Å². The molecular weight excluding hydrogens is 194 g/mol. The van der Waals surface area contributed by atoms with E-state index in [0.717, 1.165) is 23.7 Å². The van der Waals surface area contributed by atoms with Gasteiger partial charge in [-0.15, -0.1) is 0 Å². The summed E-state index contributed by atoms with van der Waals surface area (Å²) in [6.07, 6.45) is 9.02. The molecule has 0 aromatic carbocycles. The lowest BCUT2D eigenvalue weighted by Gasteiger charge is -2.44. The largest absolute Gasteiger partial charge is 0.314 e. The maximum atomic E-state index is 3.63. The number of nitrogens with one attached hydrogen (secondary N) is 1. The van der Waals surface area contributed by atoms with Crippen LogP contribution in [-0.4, -0.2) is 12.6 Å². The zero-order valence-electron chi connectivity index (χ0n) is 11.3. The highest BCUT2D eigenvalue weighted by molar-refractivity contribution is 4.89. The maximum Gasteiger partial charge on any atom is 0.00104 e. The molecule has 1 heteroatoms. The van der Waals surface area contributed by atoms with Gasteiger partial charge >= 0.3 is 0 Å². The Kier molecular flexibility index (Phi) is 4.29. The molecule has 0 bridgehead atoms. The van der Waals surface area contributed by atoms with E-state index in [4.69, 9.17) is 0 Å². The molecular formula is C15H29N. The van der Waals surface area contributed by atoms with Crippen molar-refractivity contribution in [1.29, 1.82) is 0 Å². The third kappa shape index (κ3) is 3.00. The van der Waals surface area contributed by atoms with Crippen molar-refractivity contribution >= 4 is 0 Å². The minimum absolute atomic E-state index is 0.660. The lowest BCUT2D eigenvalue weighted by atomic mass is 9.62. The molecule has 0 amide bonds. The SMILES string of the molecule is CC1CCC(C2CCC2CNC(C)C)CC1. The molecule has 94 valence electrons. The fourth-order valence-electron chi connectivity index (χ4n) is 3.57. The van der Waals surface area contributed by atoms with Gasteiger partial charge in [-0.3, -0.25) is 0 Å². The molecule has 0 radical (unpaired) electrons. The van der Waals surface area contributed by atoms with E-state index in [-0.39, 0.29) is 0 Å². The minimum Gasteiger partial charge on any atom is -0.314 e. The molecule has 2 rings (SSSR count). The molecule has 0 heterocycles. The van der Waals surface area contributed by atoms with Crippen LogP contribution in [0.25, 0.3) is 0 Å². The monoisotopic (exact) mass is 223 g/mol. The van der Waals surface area contributed by atoms with Crippen LogP contribution in [0.4, 0.5) is 0 Å². The average molecular weight is 223 g/mol. The summed E-state index contributed by atoms with van der Waals surface area (Å²) in [6, 6.07) is 0.660. The normalized spacial score (nSPS) is 39.8. The van der Waals surface area contributed by atoms with Crippen molar-refractivity contribution in [3.05, 3.63) is 0 Å².